The molecule has 3 aromatic heterocycles. The van der Waals surface area contributed by atoms with Crippen LogP contribution in [-0.2, 0) is 10.2 Å². The lowest BCUT2D eigenvalue weighted by Crippen LogP contribution is -2.28. The van der Waals surface area contributed by atoms with Crippen molar-refractivity contribution in [2.24, 2.45) is 0 Å². The summed E-state index contributed by atoms with van der Waals surface area (Å²) in [6.07, 6.45) is 3.09. The summed E-state index contributed by atoms with van der Waals surface area (Å²) in [5, 5.41) is 9.45. The van der Waals surface area contributed by atoms with E-state index in [1.807, 2.05) is 12.3 Å². The number of thiazole rings is 1. The highest BCUT2D eigenvalue weighted by molar-refractivity contribution is 7.13. The van der Waals surface area contributed by atoms with E-state index < -0.39 is 5.41 Å². The highest BCUT2D eigenvalue weighted by atomic mass is 32.1. The molecule has 0 spiro atoms. The molecule has 4 rings (SSSR count). The molecule has 112 valence electrons. The van der Waals surface area contributed by atoms with E-state index in [4.69, 9.17) is 8.94 Å². The zero-order valence-corrected chi connectivity index (χ0v) is 12.6. The molecule has 0 aliphatic heterocycles. The Morgan fingerprint density at radius 2 is 2.27 bits per heavy atom. The van der Waals surface area contributed by atoms with Crippen molar-refractivity contribution < 1.29 is 13.7 Å². The standard InChI is InChI=1S/C15H13N3O3S/c1-9-8-22-14(16-9)17-13(19)15(4-5-15)12-7-11(21-18-12)10-3-2-6-20-10/h2-3,6-8H,4-5H2,1H3,(H,16,17,19). The molecule has 0 atom stereocenters. The van der Waals surface area contributed by atoms with Crippen LogP contribution in [0.3, 0.4) is 0 Å². The molecule has 0 aromatic carbocycles. The summed E-state index contributed by atoms with van der Waals surface area (Å²) in [5.41, 5.74) is 0.935. The molecule has 1 amide bonds. The molecule has 0 radical (unpaired) electrons. The van der Waals surface area contributed by atoms with Gasteiger partial charge in [0.2, 0.25) is 11.7 Å². The average molecular weight is 315 g/mol. The van der Waals surface area contributed by atoms with Crippen molar-refractivity contribution in [2.45, 2.75) is 25.2 Å². The maximum Gasteiger partial charge on any atom is 0.238 e. The minimum atomic E-state index is -0.603. The number of amides is 1. The fourth-order valence-corrected chi connectivity index (χ4v) is 3.07. The zero-order chi connectivity index (χ0) is 15.2. The van der Waals surface area contributed by atoms with Gasteiger partial charge in [-0.3, -0.25) is 4.79 Å². The topological polar surface area (TPSA) is 81.2 Å². The molecule has 1 aliphatic carbocycles. The number of carbonyl (C=O) groups excluding carboxylic acids is 1. The predicted molar refractivity (Wildman–Crippen MR) is 80.6 cm³/mol. The van der Waals surface area contributed by atoms with Gasteiger partial charge >= 0.3 is 0 Å². The highest BCUT2D eigenvalue weighted by Gasteiger charge is 2.54. The van der Waals surface area contributed by atoms with Gasteiger partial charge in [0, 0.05) is 11.4 Å². The Balaban J connectivity index is 1.57. The van der Waals surface area contributed by atoms with Gasteiger partial charge in [-0.15, -0.1) is 11.3 Å². The van der Waals surface area contributed by atoms with Gasteiger partial charge in [0.15, 0.2) is 10.9 Å². The first-order chi connectivity index (χ1) is 10.7. The molecule has 1 N–H and O–H groups in total. The second-order valence-corrected chi connectivity index (χ2v) is 6.24. The molecule has 0 saturated heterocycles. The number of nitrogens with one attached hydrogen (secondary N) is 1. The molecular formula is C15H13N3O3S. The van der Waals surface area contributed by atoms with Crippen molar-refractivity contribution >= 4 is 22.4 Å². The van der Waals surface area contributed by atoms with Crippen LogP contribution in [0.2, 0.25) is 0 Å². The van der Waals surface area contributed by atoms with Crippen molar-refractivity contribution in [1.29, 1.82) is 0 Å². The van der Waals surface area contributed by atoms with E-state index in [-0.39, 0.29) is 5.91 Å². The Morgan fingerprint density at radius 3 is 2.91 bits per heavy atom. The number of aromatic nitrogens is 2. The third kappa shape index (κ3) is 2.14. The number of rotatable bonds is 4. The molecular weight excluding hydrogens is 302 g/mol. The van der Waals surface area contributed by atoms with Gasteiger partial charge in [-0.05, 0) is 31.9 Å². The number of furan rings is 1. The monoisotopic (exact) mass is 315 g/mol. The summed E-state index contributed by atoms with van der Waals surface area (Å²) >= 11 is 1.42. The molecule has 1 saturated carbocycles. The zero-order valence-electron chi connectivity index (χ0n) is 11.8. The van der Waals surface area contributed by atoms with Gasteiger partial charge in [-0.2, -0.15) is 0 Å². The molecule has 3 heterocycles. The summed E-state index contributed by atoms with van der Waals surface area (Å²) < 4.78 is 10.6. The van der Waals surface area contributed by atoms with Crippen molar-refractivity contribution in [2.75, 3.05) is 5.32 Å². The SMILES string of the molecule is Cc1csc(NC(=O)C2(c3cc(-c4ccco4)on3)CC2)n1. The van der Waals surface area contributed by atoms with Crippen molar-refractivity contribution in [3.05, 3.63) is 41.2 Å². The number of hydrogen-bond acceptors (Lipinski definition) is 6. The Labute approximate surface area is 130 Å². The fraction of sp³-hybridized carbons (Fsp3) is 0.267. The third-order valence-electron chi connectivity index (χ3n) is 3.79. The van der Waals surface area contributed by atoms with Crippen molar-refractivity contribution in [3.63, 3.8) is 0 Å². The normalized spacial score (nSPS) is 15.7. The van der Waals surface area contributed by atoms with Crippen LogP contribution in [0.15, 0.2) is 38.8 Å². The fourth-order valence-electron chi connectivity index (χ4n) is 2.39. The smallest absolute Gasteiger partial charge is 0.238 e. The van der Waals surface area contributed by atoms with Gasteiger partial charge in [0.1, 0.15) is 0 Å². The van der Waals surface area contributed by atoms with E-state index >= 15 is 0 Å². The van der Waals surface area contributed by atoms with Crippen LogP contribution in [0, 0.1) is 6.92 Å². The predicted octanol–water partition coefficient (Wildman–Crippen LogP) is 3.37. The van der Waals surface area contributed by atoms with Gasteiger partial charge in [0.05, 0.1) is 23.1 Å². The van der Waals surface area contributed by atoms with Crippen LogP contribution < -0.4 is 5.32 Å². The van der Waals surface area contributed by atoms with E-state index in [9.17, 15) is 4.79 Å². The summed E-state index contributed by atoms with van der Waals surface area (Å²) in [5.74, 6) is 1.05. The molecule has 6 nitrogen and oxygen atoms in total. The number of nitrogens with zero attached hydrogens (tertiary/aromatic N) is 2. The number of aryl methyl sites for hydroxylation is 1. The quantitative estimate of drug-likeness (QED) is 0.798. The van der Waals surface area contributed by atoms with Gasteiger partial charge in [-0.1, -0.05) is 5.16 Å². The first kappa shape index (κ1) is 13.3. The third-order valence-corrected chi connectivity index (χ3v) is 4.66. The Bertz CT molecular complexity index is 815. The lowest BCUT2D eigenvalue weighted by atomic mass is 10.0. The van der Waals surface area contributed by atoms with E-state index in [1.54, 1.807) is 24.5 Å². The maximum absolute atomic E-state index is 12.6. The summed E-state index contributed by atoms with van der Waals surface area (Å²) in [4.78, 5) is 16.8. The van der Waals surface area contributed by atoms with Gasteiger partial charge < -0.3 is 14.3 Å². The van der Waals surface area contributed by atoms with Crippen LogP contribution in [0.1, 0.15) is 24.2 Å². The van der Waals surface area contributed by atoms with E-state index in [1.165, 1.54) is 11.3 Å². The maximum atomic E-state index is 12.6. The minimum absolute atomic E-state index is 0.0823. The van der Waals surface area contributed by atoms with Crippen LogP contribution >= 0.6 is 11.3 Å². The second-order valence-electron chi connectivity index (χ2n) is 5.38. The summed E-state index contributed by atoms with van der Waals surface area (Å²) in [6.45, 7) is 1.90. The van der Waals surface area contributed by atoms with Crippen LogP contribution in [-0.4, -0.2) is 16.0 Å². The molecule has 0 unspecified atom stereocenters. The van der Waals surface area contributed by atoms with Crippen LogP contribution in [0.4, 0.5) is 5.13 Å². The molecule has 0 bridgehead atoms. The average Bonchev–Trinajstić information content (AvgIpc) is 2.93. The Kier molecular flexibility index (Phi) is 2.90. The lowest BCUT2D eigenvalue weighted by Gasteiger charge is -2.10. The largest absolute Gasteiger partial charge is 0.461 e. The Hall–Kier alpha value is -2.41. The first-order valence-electron chi connectivity index (χ1n) is 6.92. The van der Waals surface area contributed by atoms with Gasteiger partial charge in [-0.25, -0.2) is 4.98 Å². The Morgan fingerprint density at radius 1 is 1.41 bits per heavy atom. The number of carbonyl (C=O) groups is 1. The molecule has 7 heteroatoms. The molecule has 1 aliphatic rings. The van der Waals surface area contributed by atoms with Crippen LogP contribution in [0.5, 0.6) is 0 Å². The van der Waals surface area contributed by atoms with E-state index in [0.717, 1.165) is 18.5 Å². The summed E-state index contributed by atoms with van der Waals surface area (Å²) in [7, 11) is 0. The lowest BCUT2D eigenvalue weighted by molar-refractivity contribution is -0.118. The number of hydrogen-bond donors (Lipinski definition) is 1. The van der Waals surface area contributed by atoms with Gasteiger partial charge in [0.25, 0.3) is 0 Å². The summed E-state index contributed by atoms with van der Waals surface area (Å²) in [6, 6.07) is 5.35. The molecule has 22 heavy (non-hydrogen) atoms. The molecule has 3 aromatic rings. The van der Waals surface area contributed by atoms with Crippen LogP contribution in [0.25, 0.3) is 11.5 Å². The minimum Gasteiger partial charge on any atom is -0.461 e. The second kappa shape index (κ2) is 4.81. The van der Waals surface area contributed by atoms with Crippen molar-refractivity contribution in [3.8, 4) is 11.5 Å². The molecule has 1 fully saturated rings. The number of anilines is 1. The van der Waals surface area contributed by atoms with E-state index in [0.29, 0.717) is 22.3 Å². The first-order valence-corrected chi connectivity index (χ1v) is 7.80. The van der Waals surface area contributed by atoms with E-state index in [2.05, 4.69) is 15.5 Å². The van der Waals surface area contributed by atoms with Crippen molar-refractivity contribution in [1.82, 2.24) is 10.1 Å². The highest BCUT2D eigenvalue weighted by Crippen LogP contribution is 2.49.